The molecule has 12 heteroatoms. The number of hydrogen-bond donors (Lipinski definition) is 1. The molecule has 4 aromatic rings. The summed E-state index contributed by atoms with van der Waals surface area (Å²) in [5, 5.41) is 0. The van der Waals surface area contributed by atoms with Gasteiger partial charge in [0.05, 0.1) is 20.8 Å². The number of rotatable bonds is 13. The first kappa shape index (κ1) is 36.0. The number of hydrogen-bond acceptors (Lipinski definition) is 10. The van der Waals surface area contributed by atoms with Gasteiger partial charge in [0.15, 0.2) is 18.2 Å². The minimum absolute atomic E-state index is 0. The van der Waals surface area contributed by atoms with Crippen LogP contribution in [0, 0.1) is 17.7 Å². The van der Waals surface area contributed by atoms with Crippen LogP contribution >= 0.6 is 11.3 Å². The smallest absolute Gasteiger partial charge is 0.323 e. The van der Waals surface area contributed by atoms with Gasteiger partial charge in [-0.05, 0) is 60.1 Å². The molecule has 0 bridgehead atoms. The number of halogens is 1. The largest absolute Gasteiger partial charge is 0.454 e. The van der Waals surface area contributed by atoms with Crippen LogP contribution in [0.15, 0.2) is 54.9 Å². The van der Waals surface area contributed by atoms with Crippen molar-refractivity contribution in [2.45, 2.75) is 59.5 Å². The Morgan fingerprint density at radius 3 is 2.43 bits per heavy atom. The number of nitrogens with zero attached hydrogens (tertiary/aromatic N) is 4. The highest BCUT2D eigenvalue weighted by molar-refractivity contribution is 7.22. The molecule has 1 aliphatic heterocycles. The number of carbonyl (C=O) groups excluding carboxylic acids is 3. The molecule has 2 N–H and O–H groups in total. The van der Waals surface area contributed by atoms with Gasteiger partial charge in [-0.3, -0.25) is 29.3 Å². The van der Waals surface area contributed by atoms with Crippen LogP contribution in [0.2, 0.25) is 0 Å². The monoisotopic (exact) mass is 689 g/mol. The second-order valence-corrected chi connectivity index (χ2v) is 14.0. The Kier molecular flexibility index (Phi) is 11.7. The number of piperazine rings is 1. The maximum Gasteiger partial charge on any atom is 0.323 e. The van der Waals surface area contributed by atoms with Crippen molar-refractivity contribution in [2.75, 3.05) is 32.8 Å². The molecule has 1 aromatic carbocycles. The Hall–Kier alpha value is -4.26. The number of carbonyl (C=O) groups is 3. The summed E-state index contributed by atoms with van der Waals surface area (Å²) in [6.07, 6.45) is 6.52. The van der Waals surface area contributed by atoms with Crippen molar-refractivity contribution in [2.24, 2.45) is 17.6 Å². The highest BCUT2D eigenvalue weighted by Gasteiger charge is 2.26. The molecule has 260 valence electrons. The molecule has 0 radical (unpaired) electrons. The zero-order valence-electron chi connectivity index (χ0n) is 27.2. The second-order valence-electron chi connectivity index (χ2n) is 13.0. The van der Waals surface area contributed by atoms with Gasteiger partial charge < -0.3 is 20.1 Å². The quantitative estimate of drug-likeness (QED) is 0.168. The maximum atomic E-state index is 15.0. The minimum atomic E-state index is -0.739. The fourth-order valence-electron chi connectivity index (χ4n) is 5.59. The first-order valence-corrected chi connectivity index (χ1v) is 17.2. The zero-order chi connectivity index (χ0) is 33.8. The lowest BCUT2D eigenvalue weighted by molar-refractivity contribution is -0.154. The molecule has 1 aliphatic carbocycles. The van der Waals surface area contributed by atoms with Crippen LogP contribution < -0.4 is 10.5 Å². The summed E-state index contributed by atoms with van der Waals surface area (Å²) >= 11 is 1.47. The van der Waals surface area contributed by atoms with Crippen LogP contribution in [-0.4, -0.2) is 76.3 Å². The molecule has 0 unspecified atom stereocenters. The van der Waals surface area contributed by atoms with Gasteiger partial charge in [0, 0.05) is 64.0 Å². The van der Waals surface area contributed by atoms with E-state index in [1.54, 1.807) is 29.3 Å². The maximum absolute atomic E-state index is 15.0. The van der Waals surface area contributed by atoms with Gasteiger partial charge in [0.2, 0.25) is 0 Å². The van der Waals surface area contributed by atoms with Gasteiger partial charge in [-0.25, -0.2) is 4.39 Å². The number of Topliss-reactive ketones (excluding diaryl/α,β-unsaturated/α-hetero) is 1. The predicted octanol–water partition coefficient (Wildman–Crippen LogP) is 6.01. The summed E-state index contributed by atoms with van der Waals surface area (Å²) in [4.78, 5) is 50.8. The van der Waals surface area contributed by atoms with E-state index in [0.29, 0.717) is 56.4 Å². The van der Waals surface area contributed by atoms with Gasteiger partial charge in [-0.1, -0.05) is 33.4 Å². The van der Waals surface area contributed by atoms with Crippen molar-refractivity contribution in [1.82, 2.24) is 19.8 Å². The summed E-state index contributed by atoms with van der Waals surface area (Å²) < 4.78 is 26.9. The van der Waals surface area contributed by atoms with Crippen LogP contribution in [0.3, 0.4) is 0 Å². The first-order chi connectivity index (χ1) is 23.1. The van der Waals surface area contributed by atoms with Crippen molar-refractivity contribution >= 4 is 39.2 Å². The van der Waals surface area contributed by atoms with E-state index in [-0.39, 0.29) is 43.8 Å². The predicted molar refractivity (Wildman–Crippen MR) is 188 cm³/mol. The molecule has 3 aromatic heterocycles. The fraction of sp³-hybridized carbons (Fsp3) is 0.432. The summed E-state index contributed by atoms with van der Waals surface area (Å²) in [5.41, 5.74) is 9.02. The number of pyridine rings is 2. The molecule has 2 aliphatic rings. The van der Waals surface area contributed by atoms with Crippen molar-refractivity contribution in [3.8, 4) is 22.1 Å². The number of thiophene rings is 1. The topological polar surface area (TPSA) is 128 Å². The molecular weight excluding hydrogens is 646 g/mol. The van der Waals surface area contributed by atoms with E-state index < -0.39 is 17.8 Å². The van der Waals surface area contributed by atoms with Gasteiger partial charge >= 0.3 is 5.97 Å². The molecule has 2 fully saturated rings. The molecule has 1 saturated heterocycles. The molecule has 49 heavy (non-hydrogen) atoms. The van der Waals surface area contributed by atoms with Crippen LogP contribution in [0.4, 0.5) is 4.39 Å². The van der Waals surface area contributed by atoms with E-state index in [2.05, 4.69) is 9.88 Å². The lowest BCUT2D eigenvalue weighted by atomic mass is 10.0. The third-order valence-corrected chi connectivity index (χ3v) is 9.90. The van der Waals surface area contributed by atoms with E-state index in [1.807, 2.05) is 38.2 Å². The fourth-order valence-corrected chi connectivity index (χ4v) is 6.63. The highest BCUT2D eigenvalue weighted by atomic mass is 32.1. The van der Waals surface area contributed by atoms with Crippen molar-refractivity contribution in [1.29, 1.82) is 0 Å². The molecule has 0 spiro atoms. The highest BCUT2D eigenvalue weighted by Crippen LogP contribution is 2.39. The number of aromatic nitrogens is 2. The lowest BCUT2D eigenvalue weighted by Gasteiger charge is -2.34. The Bertz CT molecular complexity index is 1780. The molecule has 10 nitrogen and oxygen atoms in total. The van der Waals surface area contributed by atoms with Crippen molar-refractivity contribution in [3.05, 3.63) is 71.8 Å². The average molecular weight is 690 g/mol. The number of ether oxygens (including phenoxy) is 2. The first-order valence-electron chi connectivity index (χ1n) is 16.4. The van der Waals surface area contributed by atoms with Gasteiger partial charge in [0.1, 0.15) is 17.6 Å². The summed E-state index contributed by atoms with van der Waals surface area (Å²) in [5.74, 6) is -0.0882. The summed E-state index contributed by atoms with van der Waals surface area (Å²) in [6.45, 7) is 6.54. The van der Waals surface area contributed by atoms with Gasteiger partial charge in [-0.15, -0.1) is 11.3 Å². The second kappa shape index (κ2) is 16.0. The van der Waals surface area contributed by atoms with Gasteiger partial charge in [0.25, 0.3) is 5.91 Å². The summed E-state index contributed by atoms with van der Waals surface area (Å²) in [7, 11) is 0. The van der Waals surface area contributed by atoms with Gasteiger partial charge in [-0.2, -0.15) is 0 Å². The van der Waals surface area contributed by atoms with Crippen LogP contribution in [0.1, 0.15) is 51.7 Å². The van der Waals surface area contributed by atoms with Crippen molar-refractivity contribution < 1.29 is 28.2 Å². The lowest BCUT2D eigenvalue weighted by Crippen LogP contribution is -2.49. The molecule has 1 atom stereocenters. The van der Waals surface area contributed by atoms with Crippen LogP contribution in [-0.2, 0) is 32.1 Å². The molecule has 1 amide bonds. The number of nitrogens with two attached hydrogens (primary N) is 1. The molecule has 4 heterocycles. The molecule has 6 rings (SSSR count). The Morgan fingerprint density at radius 2 is 1.76 bits per heavy atom. The minimum Gasteiger partial charge on any atom is -0.454 e. The average Bonchev–Trinajstić information content (AvgIpc) is 3.78. The SMILES string of the molecule is C.CC(C)[C@H](N)C(=O)OCC(=O)N1CCN(Cc2ccc(-c3cc4nccc(Oc5ccc(CC(=O)CC6CC6)cc5F)c4s3)nc2)CC1. The standard InChI is InChI=1S/C36H40FN5O5S.CH4/c1-22(2)34(38)36(45)46-21-33(44)42-13-11-41(12-14-42)20-25-5-7-28(40-19-25)32-18-29-35(48-32)31(9-10-39-29)47-30-8-6-24(17-27(30)37)16-26(43)15-23-3-4-23;/h5-10,17-19,22-23,34H,3-4,11-16,20-21,38H2,1-2H3;1H4/t34-;/m0./s1. The van der Waals surface area contributed by atoms with E-state index in [1.165, 1.54) is 17.4 Å². The number of esters is 1. The number of benzene rings is 1. The van der Waals surface area contributed by atoms with Crippen LogP contribution in [0.5, 0.6) is 11.5 Å². The third kappa shape index (κ3) is 9.26. The molecular formula is C37H44FN5O5S. The zero-order valence-corrected chi connectivity index (χ0v) is 28.0. The Morgan fingerprint density at radius 1 is 1.00 bits per heavy atom. The normalized spacial score (nSPS) is 15.6. The number of fused-ring (bicyclic) bond motifs is 1. The van der Waals surface area contributed by atoms with E-state index >= 15 is 0 Å². The third-order valence-electron chi connectivity index (χ3n) is 8.74. The van der Waals surface area contributed by atoms with E-state index in [4.69, 9.17) is 20.2 Å². The number of ketones is 1. The Labute approximate surface area is 290 Å². The molecule has 1 saturated carbocycles. The van der Waals surface area contributed by atoms with Crippen molar-refractivity contribution in [3.63, 3.8) is 0 Å². The van der Waals surface area contributed by atoms with E-state index in [0.717, 1.165) is 39.2 Å². The Balaban J connectivity index is 0.00000468. The van der Waals surface area contributed by atoms with E-state index in [9.17, 15) is 18.8 Å². The number of amides is 1. The van der Waals surface area contributed by atoms with Crippen LogP contribution in [0.25, 0.3) is 20.8 Å². The summed E-state index contributed by atoms with van der Waals surface area (Å²) in [6, 6.07) is 11.6.